The van der Waals surface area contributed by atoms with Crippen LogP contribution in [-0.2, 0) is 24.7 Å². The van der Waals surface area contributed by atoms with Crippen LogP contribution in [0.1, 0.15) is 41.4 Å². The molecule has 2 rings (SSSR count). The number of ether oxygens (including phenoxy) is 1. The predicted molar refractivity (Wildman–Crippen MR) is 93.9 cm³/mol. The molecule has 0 saturated heterocycles. The molecule has 0 aliphatic heterocycles. The molecule has 0 spiro atoms. The number of hydrogen-bond donors (Lipinski definition) is 2. The number of ketones is 2. The Morgan fingerprint density at radius 2 is 1.48 bits per heavy atom. The van der Waals surface area contributed by atoms with Gasteiger partial charge in [-0.05, 0) is 13.8 Å². The number of rotatable bonds is 7. The van der Waals surface area contributed by atoms with E-state index in [-0.39, 0.29) is 16.7 Å². The molecule has 0 aliphatic carbocycles. The van der Waals surface area contributed by atoms with E-state index in [1.165, 1.54) is 49.4 Å². The van der Waals surface area contributed by atoms with Gasteiger partial charge in [0, 0.05) is 16.7 Å². The van der Waals surface area contributed by atoms with Crippen molar-refractivity contribution in [3.8, 4) is 0 Å². The van der Waals surface area contributed by atoms with Crippen molar-refractivity contribution in [2.24, 2.45) is 0 Å². The Labute approximate surface area is 155 Å². The zero-order chi connectivity index (χ0) is 20.2. The average molecular weight is 370 g/mol. The predicted octanol–water partition coefficient (Wildman–Crippen LogP) is 2.03. The molecule has 27 heavy (non-hydrogen) atoms. The summed E-state index contributed by atoms with van der Waals surface area (Å²) in [5, 5.41) is 20.0. The average Bonchev–Trinajstić information content (AvgIpc) is 2.65. The van der Waals surface area contributed by atoms with E-state index in [4.69, 9.17) is 4.74 Å². The summed E-state index contributed by atoms with van der Waals surface area (Å²) in [6.07, 6.45) is -1.94. The highest BCUT2D eigenvalue weighted by Gasteiger charge is 2.50. The van der Waals surface area contributed by atoms with Gasteiger partial charge in [0.2, 0.25) is 0 Å². The van der Waals surface area contributed by atoms with E-state index < -0.39 is 35.2 Å². The molecule has 2 aromatic rings. The lowest BCUT2D eigenvalue weighted by Gasteiger charge is -2.28. The molecule has 0 saturated carbocycles. The second kappa shape index (κ2) is 7.92. The second-order valence-corrected chi connectivity index (χ2v) is 5.88. The molecular weight excluding hydrogens is 352 g/mol. The van der Waals surface area contributed by atoms with Gasteiger partial charge < -0.3 is 14.9 Å². The topological polar surface area (TPSA) is 118 Å². The van der Waals surface area contributed by atoms with Gasteiger partial charge in [-0.25, -0.2) is 9.59 Å². The summed E-state index contributed by atoms with van der Waals surface area (Å²) in [5.74, 6) is -4.38. The maximum Gasteiger partial charge on any atom is 0.360 e. The third kappa shape index (κ3) is 3.78. The fraction of sp³-hybridized carbons (Fsp3) is 0.200. The van der Waals surface area contributed by atoms with Crippen molar-refractivity contribution >= 4 is 23.5 Å². The Balaban J connectivity index is 2.47. The first kappa shape index (κ1) is 20.0. The molecule has 2 atom stereocenters. The molecule has 0 bridgehead atoms. The van der Waals surface area contributed by atoms with Gasteiger partial charge in [0.15, 0.2) is 17.7 Å². The van der Waals surface area contributed by atoms with Gasteiger partial charge in [-0.3, -0.25) is 9.59 Å². The molecule has 2 N–H and O–H groups in total. The minimum absolute atomic E-state index is 0.0362. The molecule has 0 aromatic heterocycles. The number of hydrogen-bond acceptors (Lipinski definition) is 6. The first-order valence-corrected chi connectivity index (χ1v) is 8.02. The van der Waals surface area contributed by atoms with Crippen molar-refractivity contribution in [2.45, 2.75) is 25.6 Å². The first-order chi connectivity index (χ1) is 12.7. The first-order valence-electron chi connectivity index (χ1n) is 8.02. The van der Waals surface area contributed by atoms with Crippen LogP contribution in [0.15, 0.2) is 54.6 Å². The standard InChI is InChI=1S/C20H18O7/c1-12(21)15-10-6-7-11-16(15)17(23)18(24)27-20(13(2)22,19(25)26)14-8-4-3-5-9-14/h3-11,17,23H,1-2H3,(H,25,26)/t17-,20?/m0/s1. The largest absolute Gasteiger partial charge is 0.478 e. The van der Waals surface area contributed by atoms with E-state index in [0.29, 0.717) is 0 Å². The van der Waals surface area contributed by atoms with Crippen LogP contribution in [0.5, 0.6) is 0 Å². The van der Waals surface area contributed by atoms with Crippen LogP contribution in [0.25, 0.3) is 0 Å². The fourth-order valence-corrected chi connectivity index (χ4v) is 2.71. The monoisotopic (exact) mass is 370 g/mol. The summed E-state index contributed by atoms with van der Waals surface area (Å²) in [5.41, 5.74) is -2.62. The highest BCUT2D eigenvalue weighted by Crippen LogP contribution is 2.31. The normalized spacial score (nSPS) is 13.9. The van der Waals surface area contributed by atoms with Crippen LogP contribution in [0.4, 0.5) is 0 Å². The molecule has 7 heteroatoms. The van der Waals surface area contributed by atoms with Crippen molar-refractivity contribution in [2.75, 3.05) is 0 Å². The summed E-state index contributed by atoms with van der Waals surface area (Å²) in [7, 11) is 0. The minimum Gasteiger partial charge on any atom is -0.478 e. The summed E-state index contributed by atoms with van der Waals surface area (Å²) < 4.78 is 5.05. The van der Waals surface area contributed by atoms with Crippen molar-refractivity contribution in [3.63, 3.8) is 0 Å². The highest BCUT2D eigenvalue weighted by molar-refractivity contribution is 6.08. The molecule has 0 radical (unpaired) electrons. The number of carbonyl (C=O) groups excluding carboxylic acids is 3. The molecule has 2 aromatic carbocycles. The SMILES string of the molecule is CC(=O)c1ccccc1[C@H](O)C(=O)OC(C(C)=O)(C(=O)O)c1ccccc1. The molecule has 0 amide bonds. The maximum absolute atomic E-state index is 12.5. The lowest BCUT2D eigenvalue weighted by atomic mass is 9.89. The van der Waals surface area contributed by atoms with Crippen LogP contribution >= 0.6 is 0 Å². The number of carboxylic acid groups (broad SMARTS) is 1. The van der Waals surface area contributed by atoms with Gasteiger partial charge in [0.1, 0.15) is 0 Å². The molecule has 7 nitrogen and oxygen atoms in total. The Hall–Kier alpha value is -3.32. The number of esters is 1. The Kier molecular flexibility index (Phi) is 5.87. The Morgan fingerprint density at radius 3 is 2.00 bits per heavy atom. The molecular formula is C20H18O7. The van der Waals surface area contributed by atoms with Crippen molar-refractivity contribution in [1.29, 1.82) is 0 Å². The fourth-order valence-electron chi connectivity index (χ4n) is 2.71. The summed E-state index contributed by atoms with van der Waals surface area (Å²) >= 11 is 0. The van der Waals surface area contributed by atoms with Crippen molar-refractivity contribution < 1.29 is 34.1 Å². The van der Waals surface area contributed by atoms with Crippen LogP contribution in [0.3, 0.4) is 0 Å². The molecule has 0 heterocycles. The van der Waals surface area contributed by atoms with Crippen LogP contribution in [-0.4, -0.2) is 33.7 Å². The van der Waals surface area contributed by atoms with Crippen LogP contribution < -0.4 is 0 Å². The second-order valence-electron chi connectivity index (χ2n) is 5.88. The van der Waals surface area contributed by atoms with Gasteiger partial charge in [-0.1, -0.05) is 54.6 Å². The lowest BCUT2D eigenvalue weighted by molar-refractivity contribution is -0.188. The van der Waals surface area contributed by atoms with Gasteiger partial charge in [-0.2, -0.15) is 0 Å². The van der Waals surface area contributed by atoms with Crippen molar-refractivity contribution in [1.82, 2.24) is 0 Å². The molecule has 1 unspecified atom stereocenters. The van der Waals surface area contributed by atoms with Gasteiger partial charge >= 0.3 is 11.9 Å². The van der Waals surface area contributed by atoms with Gasteiger partial charge in [0.25, 0.3) is 5.60 Å². The molecule has 0 aliphatic rings. The van der Waals surface area contributed by atoms with E-state index in [2.05, 4.69) is 0 Å². The zero-order valence-electron chi connectivity index (χ0n) is 14.7. The third-order valence-corrected chi connectivity index (χ3v) is 4.09. The summed E-state index contributed by atoms with van der Waals surface area (Å²) in [6.45, 7) is 2.24. The summed E-state index contributed by atoms with van der Waals surface area (Å²) in [4.78, 5) is 48.3. The number of aliphatic hydroxyl groups is 1. The number of benzene rings is 2. The molecule has 140 valence electrons. The minimum atomic E-state index is -2.61. The number of carbonyl (C=O) groups is 4. The van der Waals surface area contributed by atoms with Crippen LogP contribution in [0, 0.1) is 0 Å². The van der Waals surface area contributed by atoms with Gasteiger partial charge in [-0.15, -0.1) is 0 Å². The van der Waals surface area contributed by atoms with E-state index in [1.54, 1.807) is 12.1 Å². The smallest absolute Gasteiger partial charge is 0.360 e. The molecule has 0 fully saturated rings. The van der Waals surface area contributed by atoms with E-state index in [0.717, 1.165) is 6.92 Å². The lowest BCUT2D eigenvalue weighted by Crippen LogP contribution is -2.47. The van der Waals surface area contributed by atoms with Crippen molar-refractivity contribution in [3.05, 3.63) is 71.3 Å². The summed E-state index contributed by atoms with van der Waals surface area (Å²) in [6, 6.07) is 13.1. The quantitative estimate of drug-likeness (QED) is 0.435. The van der Waals surface area contributed by atoms with E-state index >= 15 is 0 Å². The van der Waals surface area contributed by atoms with Gasteiger partial charge in [0.05, 0.1) is 0 Å². The number of carboxylic acids is 1. The maximum atomic E-state index is 12.5. The number of aliphatic carboxylic acids is 1. The van der Waals surface area contributed by atoms with E-state index in [1.807, 2.05) is 0 Å². The Bertz CT molecular complexity index is 872. The van der Waals surface area contributed by atoms with E-state index in [9.17, 15) is 29.4 Å². The number of aliphatic hydroxyl groups excluding tert-OH is 1. The third-order valence-electron chi connectivity index (χ3n) is 4.09. The van der Waals surface area contributed by atoms with Crippen LogP contribution in [0.2, 0.25) is 0 Å². The zero-order valence-corrected chi connectivity index (χ0v) is 14.7. The highest BCUT2D eigenvalue weighted by atomic mass is 16.6. The number of Topliss-reactive ketones (excluding diaryl/α,β-unsaturated/α-hetero) is 2. The Morgan fingerprint density at radius 1 is 0.926 bits per heavy atom.